The SMILES string of the molecule is COc1cc(CC(C)=O)ccc1OS(=O)(=O)C(F)(F)F. The van der Waals surface area contributed by atoms with Crippen LogP contribution in [0.1, 0.15) is 12.5 Å². The number of ether oxygens (including phenoxy) is 1. The summed E-state index contributed by atoms with van der Waals surface area (Å²) in [5.74, 6) is -0.975. The Morgan fingerprint density at radius 2 is 1.85 bits per heavy atom. The minimum absolute atomic E-state index is 0.0443. The van der Waals surface area contributed by atoms with Gasteiger partial charge in [0.25, 0.3) is 0 Å². The summed E-state index contributed by atoms with van der Waals surface area (Å²) in [6.45, 7) is 1.34. The Labute approximate surface area is 113 Å². The fourth-order valence-corrected chi connectivity index (χ4v) is 1.81. The molecule has 0 unspecified atom stereocenters. The Morgan fingerprint density at radius 1 is 1.25 bits per heavy atom. The number of Topliss-reactive ketones (excluding diaryl/α,β-unsaturated/α-hetero) is 1. The lowest BCUT2D eigenvalue weighted by Crippen LogP contribution is -2.28. The minimum Gasteiger partial charge on any atom is -0.493 e. The normalized spacial score (nSPS) is 12.1. The van der Waals surface area contributed by atoms with E-state index in [1.165, 1.54) is 19.1 Å². The first-order chi connectivity index (χ1) is 9.06. The third-order valence-electron chi connectivity index (χ3n) is 2.16. The molecule has 0 aliphatic rings. The molecule has 0 aromatic heterocycles. The van der Waals surface area contributed by atoms with Gasteiger partial charge in [-0.2, -0.15) is 21.6 Å². The number of carbonyl (C=O) groups is 1. The zero-order valence-electron chi connectivity index (χ0n) is 10.5. The molecule has 0 bridgehead atoms. The van der Waals surface area contributed by atoms with Crippen LogP contribution in [0.3, 0.4) is 0 Å². The van der Waals surface area contributed by atoms with Gasteiger partial charge in [0.1, 0.15) is 5.78 Å². The third-order valence-corrected chi connectivity index (χ3v) is 3.13. The fraction of sp³-hybridized carbons (Fsp3) is 0.364. The fourth-order valence-electron chi connectivity index (χ4n) is 1.34. The molecule has 112 valence electrons. The molecule has 0 fully saturated rings. The number of halogens is 3. The molecule has 20 heavy (non-hydrogen) atoms. The smallest absolute Gasteiger partial charge is 0.493 e. The molecule has 0 saturated carbocycles. The van der Waals surface area contributed by atoms with Crippen molar-refractivity contribution in [3.05, 3.63) is 23.8 Å². The van der Waals surface area contributed by atoms with Crippen LogP contribution in [0.15, 0.2) is 18.2 Å². The molecule has 1 aromatic rings. The zero-order valence-corrected chi connectivity index (χ0v) is 11.3. The average Bonchev–Trinajstić information content (AvgIpc) is 2.28. The van der Waals surface area contributed by atoms with Crippen molar-refractivity contribution in [1.82, 2.24) is 0 Å². The molecule has 0 atom stereocenters. The minimum atomic E-state index is -5.77. The van der Waals surface area contributed by atoms with Crippen molar-refractivity contribution in [1.29, 1.82) is 0 Å². The van der Waals surface area contributed by atoms with Crippen LogP contribution in [0.4, 0.5) is 13.2 Å². The number of alkyl halides is 3. The van der Waals surface area contributed by atoms with Crippen molar-refractivity contribution in [3.63, 3.8) is 0 Å². The summed E-state index contributed by atoms with van der Waals surface area (Å²) in [6, 6.07) is 3.52. The molecule has 0 radical (unpaired) electrons. The molecular weight excluding hydrogens is 301 g/mol. The summed E-state index contributed by atoms with van der Waals surface area (Å²) < 4.78 is 67.2. The molecule has 5 nitrogen and oxygen atoms in total. The van der Waals surface area contributed by atoms with Crippen molar-refractivity contribution in [2.45, 2.75) is 18.9 Å². The molecule has 1 aromatic carbocycles. The second-order valence-corrected chi connectivity index (χ2v) is 5.39. The zero-order chi connectivity index (χ0) is 15.6. The summed E-state index contributed by atoms with van der Waals surface area (Å²) in [4.78, 5) is 10.9. The summed E-state index contributed by atoms with van der Waals surface area (Å²) in [5, 5.41) is 0. The second-order valence-electron chi connectivity index (χ2n) is 3.85. The van der Waals surface area contributed by atoms with Gasteiger partial charge >= 0.3 is 15.6 Å². The molecule has 0 aliphatic heterocycles. The molecule has 0 N–H and O–H groups in total. The lowest BCUT2D eigenvalue weighted by atomic mass is 10.1. The second kappa shape index (κ2) is 5.70. The third kappa shape index (κ3) is 3.86. The van der Waals surface area contributed by atoms with Gasteiger partial charge in [0.2, 0.25) is 0 Å². The van der Waals surface area contributed by atoms with E-state index in [0.717, 1.165) is 13.2 Å². The van der Waals surface area contributed by atoms with Crippen LogP contribution in [-0.2, 0) is 21.3 Å². The Hall–Kier alpha value is -1.77. The molecule has 0 saturated heterocycles. The van der Waals surface area contributed by atoms with E-state index in [4.69, 9.17) is 4.74 Å². The van der Waals surface area contributed by atoms with Crippen LogP contribution < -0.4 is 8.92 Å². The van der Waals surface area contributed by atoms with Crippen molar-refractivity contribution in [2.24, 2.45) is 0 Å². The van der Waals surface area contributed by atoms with E-state index < -0.39 is 21.4 Å². The molecule has 1 rings (SSSR count). The predicted octanol–water partition coefficient (Wildman–Crippen LogP) is 2.06. The van der Waals surface area contributed by atoms with E-state index in [-0.39, 0.29) is 18.0 Å². The Balaban J connectivity index is 3.12. The van der Waals surface area contributed by atoms with E-state index in [9.17, 15) is 26.4 Å². The first kappa shape index (κ1) is 16.3. The quantitative estimate of drug-likeness (QED) is 0.615. The average molecular weight is 312 g/mol. The lowest BCUT2D eigenvalue weighted by molar-refractivity contribution is -0.116. The highest BCUT2D eigenvalue weighted by Crippen LogP contribution is 2.33. The van der Waals surface area contributed by atoms with E-state index in [1.54, 1.807) is 0 Å². The number of carbonyl (C=O) groups excluding carboxylic acids is 1. The standard InChI is InChI=1S/C11H11F3O5S/c1-7(15)5-8-3-4-9(10(6-8)18-2)19-20(16,17)11(12,13)14/h3-4,6H,5H2,1-2H3. The van der Waals surface area contributed by atoms with Crippen molar-refractivity contribution < 1.29 is 35.3 Å². The van der Waals surface area contributed by atoms with E-state index >= 15 is 0 Å². The van der Waals surface area contributed by atoms with Crippen LogP contribution in [0.2, 0.25) is 0 Å². The van der Waals surface area contributed by atoms with E-state index in [1.807, 2.05) is 0 Å². The Morgan fingerprint density at radius 3 is 2.30 bits per heavy atom. The maximum atomic E-state index is 12.2. The highest BCUT2D eigenvalue weighted by atomic mass is 32.2. The number of hydrogen-bond donors (Lipinski definition) is 0. The first-order valence-electron chi connectivity index (χ1n) is 5.24. The maximum Gasteiger partial charge on any atom is 0.534 e. The lowest BCUT2D eigenvalue weighted by Gasteiger charge is -2.13. The highest BCUT2D eigenvalue weighted by Gasteiger charge is 2.48. The number of hydrogen-bond acceptors (Lipinski definition) is 5. The first-order valence-corrected chi connectivity index (χ1v) is 6.65. The highest BCUT2D eigenvalue weighted by molar-refractivity contribution is 7.88. The van der Waals surface area contributed by atoms with Gasteiger partial charge in [0.05, 0.1) is 7.11 Å². The van der Waals surface area contributed by atoms with Crippen LogP contribution in [0.5, 0.6) is 11.5 Å². The van der Waals surface area contributed by atoms with E-state index in [0.29, 0.717) is 5.56 Å². The number of rotatable bonds is 5. The molecule has 0 spiro atoms. The van der Waals surface area contributed by atoms with E-state index in [2.05, 4.69) is 4.18 Å². The Bertz CT molecular complexity index is 607. The van der Waals surface area contributed by atoms with Gasteiger partial charge in [-0.3, -0.25) is 4.79 Å². The van der Waals surface area contributed by atoms with Crippen LogP contribution in [-0.4, -0.2) is 26.8 Å². The summed E-state index contributed by atoms with van der Waals surface area (Å²) >= 11 is 0. The molecule has 0 heterocycles. The summed E-state index contributed by atoms with van der Waals surface area (Å²) in [6.07, 6.45) is 0.0443. The van der Waals surface area contributed by atoms with Crippen LogP contribution in [0.25, 0.3) is 0 Å². The number of methoxy groups -OCH3 is 1. The summed E-state index contributed by atoms with van der Waals surface area (Å²) in [7, 11) is -4.63. The van der Waals surface area contributed by atoms with Gasteiger partial charge in [-0.15, -0.1) is 0 Å². The topological polar surface area (TPSA) is 69.7 Å². The van der Waals surface area contributed by atoms with Gasteiger partial charge in [-0.05, 0) is 24.6 Å². The van der Waals surface area contributed by atoms with Crippen molar-refractivity contribution in [2.75, 3.05) is 7.11 Å². The van der Waals surface area contributed by atoms with Gasteiger partial charge in [0.15, 0.2) is 11.5 Å². The molecule has 0 aliphatic carbocycles. The number of ketones is 1. The van der Waals surface area contributed by atoms with Crippen molar-refractivity contribution >= 4 is 15.9 Å². The monoisotopic (exact) mass is 312 g/mol. The largest absolute Gasteiger partial charge is 0.534 e. The van der Waals surface area contributed by atoms with Gasteiger partial charge in [0, 0.05) is 6.42 Å². The van der Waals surface area contributed by atoms with Crippen LogP contribution in [0, 0.1) is 0 Å². The predicted molar refractivity (Wildman–Crippen MR) is 63.0 cm³/mol. The van der Waals surface area contributed by atoms with Gasteiger partial charge in [-0.25, -0.2) is 0 Å². The van der Waals surface area contributed by atoms with Crippen LogP contribution >= 0.6 is 0 Å². The van der Waals surface area contributed by atoms with Crippen molar-refractivity contribution in [3.8, 4) is 11.5 Å². The maximum absolute atomic E-state index is 12.2. The summed E-state index contributed by atoms with van der Waals surface area (Å²) in [5.41, 5.74) is -5.07. The molecule has 9 heteroatoms. The van der Waals surface area contributed by atoms with Gasteiger partial charge < -0.3 is 8.92 Å². The number of benzene rings is 1. The molecule has 0 amide bonds. The molecular formula is C11H11F3O5S. The van der Waals surface area contributed by atoms with Gasteiger partial charge in [-0.1, -0.05) is 6.07 Å². The Kier molecular flexibility index (Phi) is 4.64.